The van der Waals surface area contributed by atoms with E-state index in [9.17, 15) is 0 Å². The van der Waals surface area contributed by atoms with Crippen LogP contribution in [0.25, 0.3) is 5.69 Å². The van der Waals surface area contributed by atoms with Crippen molar-refractivity contribution in [3.05, 3.63) is 48.0 Å². The first-order valence-electron chi connectivity index (χ1n) is 7.64. The van der Waals surface area contributed by atoms with Crippen molar-refractivity contribution in [3.63, 3.8) is 0 Å². The number of hydrogen-bond acceptors (Lipinski definition) is 3. The molecule has 2 atom stereocenters. The highest BCUT2D eigenvalue weighted by Crippen LogP contribution is 2.27. The summed E-state index contributed by atoms with van der Waals surface area (Å²) in [6.07, 6.45) is 7.59. The predicted octanol–water partition coefficient (Wildman–Crippen LogP) is 3.22. The monoisotopic (exact) mass is 285 g/mol. The standard InChI is InChI=1S/C17H23N3O/c1-13-5-3-8-16(19-13)17-10-18-12-20(17)15-7-4-6-14(9-15)11-21-2/h4,6-7,9-10,12-13,16,19H,3,5,8,11H2,1-2H3. The van der Waals surface area contributed by atoms with Gasteiger partial charge < -0.3 is 14.6 Å². The molecule has 4 heteroatoms. The van der Waals surface area contributed by atoms with E-state index in [2.05, 4.69) is 46.1 Å². The number of imidazole rings is 1. The Kier molecular flexibility index (Phi) is 4.36. The lowest BCUT2D eigenvalue weighted by atomic mass is 9.97. The van der Waals surface area contributed by atoms with Crippen LogP contribution < -0.4 is 5.32 Å². The van der Waals surface area contributed by atoms with Crippen LogP contribution in [0.4, 0.5) is 0 Å². The first kappa shape index (κ1) is 14.3. The molecule has 0 spiro atoms. The minimum atomic E-state index is 0.391. The molecular formula is C17H23N3O. The van der Waals surface area contributed by atoms with E-state index in [1.54, 1.807) is 7.11 Å². The molecule has 1 aromatic heterocycles. The highest BCUT2D eigenvalue weighted by molar-refractivity contribution is 5.38. The Labute approximate surface area is 126 Å². The van der Waals surface area contributed by atoms with Crippen molar-refractivity contribution in [2.45, 2.75) is 44.9 Å². The molecule has 1 aromatic carbocycles. The summed E-state index contributed by atoms with van der Waals surface area (Å²) in [5.74, 6) is 0. The van der Waals surface area contributed by atoms with Gasteiger partial charge in [-0.2, -0.15) is 0 Å². The fraction of sp³-hybridized carbons (Fsp3) is 0.471. The maximum Gasteiger partial charge on any atom is 0.0994 e. The summed E-state index contributed by atoms with van der Waals surface area (Å²) in [5, 5.41) is 3.68. The molecule has 4 nitrogen and oxygen atoms in total. The zero-order valence-electron chi connectivity index (χ0n) is 12.7. The summed E-state index contributed by atoms with van der Waals surface area (Å²) < 4.78 is 7.41. The number of nitrogens with one attached hydrogen (secondary N) is 1. The summed E-state index contributed by atoms with van der Waals surface area (Å²) in [7, 11) is 1.72. The van der Waals surface area contributed by atoms with Crippen molar-refractivity contribution in [2.24, 2.45) is 0 Å². The van der Waals surface area contributed by atoms with Gasteiger partial charge in [-0.3, -0.25) is 0 Å². The number of piperidine rings is 1. The van der Waals surface area contributed by atoms with Crippen LogP contribution in [0.5, 0.6) is 0 Å². The van der Waals surface area contributed by atoms with Crippen molar-refractivity contribution < 1.29 is 4.74 Å². The first-order valence-corrected chi connectivity index (χ1v) is 7.64. The van der Waals surface area contributed by atoms with Crippen LogP contribution >= 0.6 is 0 Å². The van der Waals surface area contributed by atoms with E-state index in [0.29, 0.717) is 18.7 Å². The summed E-state index contributed by atoms with van der Waals surface area (Å²) >= 11 is 0. The molecule has 1 aliphatic heterocycles. The fourth-order valence-corrected chi connectivity index (χ4v) is 3.11. The highest BCUT2D eigenvalue weighted by atomic mass is 16.5. The van der Waals surface area contributed by atoms with E-state index in [0.717, 1.165) is 5.69 Å². The Morgan fingerprint density at radius 2 is 2.29 bits per heavy atom. The van der Waals surface area contributed by atoms with Crippen LogP contribution in [0.2, 0.25) is 0 Å². The minimum Gasteiger partial charge on any atom is -0.380 e. The number of hydrogen-bond donors (Lipinski definition) is 1. The average Bonchev–Trinajstić information content (AvgIpc) is 2.97. The largest absolute Gasteiger partial charge is 0.380 e. The Morgan fingerprint density at radius 3 is 3.10 bits per heavy atom. The molecule has 1 aliphatic rings. The number of ether oxygens (including phenoxy) is 1. The van der Waals surface area contributed by atoms with Gasteiger partial charge in [-0.05, 0) is 43.9 Å². The van der Waals surface area contributed by atoms with Crippen molar-refractivity contribution in [1.29, 1.82) is 0 Å². The Morgan fingerprint density at radius 1 is 1.38 bits per heavy atom. The molecule has 0 amide bonds. The average molecular weight is 285 g/mol. The number of rotatable bonds is 4. The van der Waals surface area contributed by atoms with E-state index in [1.807, 2.05) is 12.5 Å². The third-order valence-electron chi connectivity index (χ3n) is 4.14. The van der Waals surface area contributed by atoms with Gasteiger partial charge in [-0.1, -0.05) is 12.1 Å². The van der Waals surface area contributed by atoms with Gasteiger partial charge in [0.25, 0.3) is 0 Å². The fourth-order valence-electron chi connectivity index (χ4n) is 3.11. The van der Waals surface area contributed by atoms with Crippen molar-refractivity contribution >= 4 is 0 Å². The molecule has 1 N–H and O–H groups in total. The Bertz CT molecular complexity index is 593. The summed E-state index contributed by atoms with van der Waals surface area (Å²) in [5.41, 5.74) is 3.58. The first-order chi connectivity index (χ1) is 10.3. The van der Waals surface area contributed by atoms with Gasteiger partial charge >= 0.3 is 0 Å². The minimum absolute atomic E-state index is 0.391. The smallest absolute Gasteiger partial charge is 0.0994 e. The second-order valence-electron chi connectivity index (χ2n) is 5.84. The Hall–Kier alpha value is -1.65. The zero-order valence-corrected chi connectivity index (χ0v) is 12.7. The molecule has 3 rings (SSSR count). The molecule has 112 valence electrons. The summed E-state index contributed by atoms with van der Waals surface area (Å²) in [6, 6.07) is 9.42. The number of aromatic nitrogens is 2. The van der Waals surface area contributed by atoms with Crippen LogP contribution in [0.15, 0.2) is 36.8 Å². The van der Waals surface area contributed by atoms with Crippen LogP contribution in [0.3, 0.4) is 0 Å². The topological polar surface area (TPSA) is 39.1 Å². The molecular weight excluding hydrogens is 262 g/mol. The van der Waals surface area contributed by atoms with Gasteiger partial charge in [0.05, 0.1) is 24.8 Å². The highest BCUT2D eigenvalue weighted by Gasteiger charge is 2.22. The van der Waals surface area contributed by atoms with Gasteiger partial charge in [0, 0.05) is 24.9 Å². The third kappa shape index (κ3) is 3.17. The second kappa shape index (κ2) is 6.41. The van der Waals surface area contributed by atoms with Crippen LogP contribution in [0, 0.1) is 0 Å². The van der Waals surface area contributed by atoms with Crippen LogP contribution in [-0.4, -0.2) is 22.7 Å². The van der Waals surface area contributed by atoms with Gasteiger partial charge in [-0.15, -0.1) is 0 Å². The predicted molar refractivity (Wildman–Crippen MR) is 83.5 cm³/mol. The number of methoxy groups -OCH3 is 1. The van der Waals surface area contributed by atoms with Gasteiger partial charge in [0.1, 0.15) is 0 Å². The molecule has 0 radical (unpaired) electrons. The molecule has 1 fully saturated rings. The lowest BCUT2D eigenvalue weighted by Gasteiger charge is -2.29. The third-order valence-corrected chi connectivity index (χ3v) is 4.14. The zero-order chi connectivity index (χ0) is 14.7. The van der Waals surface area contributed by atoms with Crippen molar-refractivity contribution in [1.82, 2.24) is 14.9 Å². The molecule has 0 bridgehead atoms. The molecule has 0 aliphatic carbocycles. The lowest BCUT2D eigenvalue weighted by Crippen LogP contribution is -2.35. The van der Waals surface area contributed by atoms with E-state index < -0.39 is 0 Å². The molecule has 21 heavy (non-hydrogen) atoms. The number of nitrogens with zero attached hydrogens (tertiary/aromatic N) is 2. The molecule has 2 unspecified atom stereocenters. The van der Waals surface area contributed by atoms with Crippen LogP contribution in [-0.2, 0) is 11.3 Å². The van der Waals surface area contributed by atoms with E-state index in [-0.39, 0.29) is 0 Å². The van der Waals surface area contributed by atoms with Gasteiger partial charge in [0.15, 0.2) is 0 Å². The maximum absolute atomic E-state index is 5.22. The Balaban J connectivity index is 1.89. The quantitative estimate of drug-likeness (QED) is 0.937. The van der Waals surface area contributed by atoms with E-state index in [4.69, 9.17) is 4.74 Å². The SMILES string of the molecule is COCc1cccc(-n2cncc2C2CCCC(C)N2)c1. The molecule has 0 saturated carbocycles. The van der Waals surface area contributed by atoms with Crippen LogP contribution in [0.1, 0.15) is 43.5 Å². The van der Waals surface area contributed by atoms with E-state index in [1.165, 1.54) is 30.5 Å². The molecule has 1 saturated heterocycles. The molecule has 2 aromatic rings. The van der Waals surface area contributed by atoms with Crippen molar-refractivity contribution in [2.75, 3.05) is 7.11 Å². The molecule has 2 heterocycles. The lowest BCUT2D eigenvalue weighted by molar-refractivity contribution is 0.185. The second-order valence-corrected chi connectivity index (χ2v) is 5.84. The van der Waals surface area contributed by atoms with Crippen molar-refractivity contribution in [3.8, 4) is 5.69 Å². The number of benzene rings is 1. The maximum atomic E-state index is 5.22. The van der Waals surface area contributed by atoms with Gasteiger partial charge in [-0.25, -0.2) is 4.98 Å². The summed E-state index contributed by atoms with van der Waals surface area (Å²) in [6.45, 7) is 2.89. The van der Waals surface area contributed by atoms with Gasteiger partial charge in [0.2, 0.25) is 0 Å². The normalized spacial score (nSPS) is 22.4. The summed E-state index contributed by atoms with van der Waals surface area (Å²) in [4.78, 5) is 4.37. The van der Waals surface area contributed by atoms with E-state index >= 15 is 0 Å².